The van der Waals surface area contributed by atoms with E-state index in [4.69, 9.17) is 0 Å². The van der Waals surface area contributed by atoms with E-state index in [2.05, 4.69) is 33.0 Å². The Balaban J connectivity index is 2.08. The minimum atomic E-state index is -3.12. The molecule has 0 saturated carbocycles. The number of nitrogens with one attached hydrogen (secondary N) is 1. The molecule has 0 aliphatic carbocycles. The lowest BCUT2D eigenvalue weighted by atomic mass is 10.3. The maximum Gasteiger partial charge on any atom is 0.305 e. The number of aromatic nitrogens is 4. The SMILES string of the molecule is Cc1cc(Nc2ccc(S)cc2)n2nc(C(C)(F)F)nc2n1. The van der Waals surface area contributed by atoms with E-state index in [-0.39, 0.29) is 5.78 Å². The molecule has 0 aliphatic heterocycles. The van der Waals surface area contributed by atoms with Crippen molar-refractivity contribution < 1.29 is 8.78 Å². The summed E-state index contributed by atoms with van der Waals surface area (Å²) < 4.78 is 28.1. The number of benzene rings is 1. The highest BCUT2D eigenvalue weighted by Gasteiger charge is 2.30. The van der Waals surface area contributed by atoms with Crippen LogP contribution in [0.1, 0.15) is 18.4 Å². The largest absolute Gasteiger partial charge is 0.340 e. The van der Waals surface area contributed by atoms with Crippen molar-refractivity contribution in [2.75, 3.05) is 5.32 Å². The Kier molecular flexibility index (Phi) is 3.48. The van der Waals surface area contributed by atoms with Crippen LogP contribution in [0, 0.1) is 6.92 Å². The molecule has 0 aliphatic rings. The van der Waals surface area contributed by atoms with Crippen molar-refractivity contribution in [2.24, 2.45) is 0 Å². The normalized spacial score (nSPS) is 11.9. The molecule has 0 fully saturated rings. The van der Waals surface area contributed by atoms with Crippen LogP contribution in [-0.2, 0) is 5.92 Å². The molecule has 3 aromatic rings. The van der Waals surface area contributed by atoms with Crippen LogP contribution in [0.2, 0.25) is 0 Å². The second-order valence-corrected chi connectivity index (χ2v) is 5.51. The fourth-order valence-electron chi connectivity index (χ4n) is 1.95. The molecule has 8 heteroatoms. The first-order chi connectivity index (χ1) is 10.3. The maximum absolute atomic E-state index is 13.4. The van der Waals surface area contributed by atoms with E-state index < -0.39 is 11.7 Å². The molecule has 0 unspecified atom stereocenters. The first-order valence-corrected chi connectivity index (χ1v) is 6.96. The quantitative estimate of drug-likeness (QED) is 0.724. The third-order valence-corrected chi connectivity index (χ3v) is 3.27. The van der Waals surface area contributed by atoms with Crippen LogP contribution >= 0.6 is 12.6 Å². The zero-order chi connectivity index (χ0) is 15.9. The van der Waals surface area contributed by atoms with Gasteiger partial charge in [0.25, 0.3) is 5.78 Å². The summed E-state index contributed by atoms with van der Waals surface area (Å²) in [5.74, 6) is -3.03. The van der Waals surface area contributed by atoms with E-state index in [1.165, 1.54) is 4.52 Å². The Bertz CT molecular complexity index is 824. The molecule has 0 bridgehead atoms. The van der Waals surface area contributed by atoms with Crippen molar-refractivity contribution in [1.29, 1.82) is 0 Å². The third kappa shape index (κ3) is 2.87. The molecule has 0 radical (unpaired) electrons. The van der Waals surface area contributed by atoms with Crippen LogP contribution in [0.4, 0.5) is 20.3 Å². The van der Waals surface area contributed by atoms with Crippen molar-refractivity contribution in [3.63, 3.8) is 0 Å². The lowest BCUT2D eigenvalue weighted by Gasteiger charge is -2.08. The summed E-state index contributed by atoms with van der Waals surface area (Å²) in [4.78, 5) is 8.76. The van der Waals surface area contributed by atoms with Gasteiger partial charge in [0.2, 0.25) is 5.82 Å². The van der Waals surface area contributed by atoms with Crippen LogP contribution in [0.15, 0.2) is 35.2 Å². The summed E-state index contributed by atoms with van der Waals surface area (Å²) in [6.07, 6.45) is 0. The molecule has 0 amide bonds. The minimum Gasteiger partial charge on any atom is -0.340 e. The highest BCUT2D eigenvalue weighted by molar-refractivity contribution is 7.80. The monoisotopic (exact) mass is 321 g/mol. The molecule has 0 saturated heterocycles. The van der Waals surface area contributed by atoms with Crippen molar-refractivity contribution in [2.45, 2.75) is 24.7 Å². The van der Waals surface area contributed by atoms with E-state index >= 15 is 0 Å². The Morgan fingerprint density at radius 1 is 1.18 bits per heavy atom. The highest BCUT2D eigenvalue weighted by atomic mass is 32.1. The summed E-state index contributed by atoms with van der Waals surface area (Å²) in [5, 5.41) is 6.98. The molecule has 2 aromatic heterocycles. The van der Waals surface area contributed by atoms with Crippen LogP contribution in [-0.4, -0.2) is 19.6 Å². The summed E-state index contributed by atoms with van der Waals surface area (Å²) in [6, 6.07) is 9.02. The van der Waals surface area contributed by atoms with Gasteiger partial charge in [-0.2, -0.15) is 18.3 Å². The third-order valence-electron chi connectivity index (χ3n) is 2.97. The Labute approximate surface area is 130 Å². The van der Waals surface area contributed by atoms with Gasteiger partial charge in [-0.05, 0) is 31.2 Å². The van der Waals surface area contributed by atoms with Gasteiger partial charge in [0.1, 0.15) is 5.82 Å². The molecular formula is C14H13F2N5S. The van der Waals surface area contributed by atoms with Crippen molar-refractivity contribution in [3.8, 4) is 0 Å². The highest BCUT2D eigenvalue weighted by Crippen LogP contribution is 2.25. The molecular weight excluding hydrogens is 308 g/mol. The van der Waals surface area contributed by atoms with Gasteiger partial charge < -0.3 is 5.32 Å². The number of fused-ring (bicyclic) bond motifs is 1. The number of anilines is 2. The first-order valence-electron chi connectivity index (χ1n) is 6.52. The smallest absolute Gasteiger partial charge is 0.305 e. The predicted molar refractivity (Wildman–Crippen MR) is 82.1 cm³/mol. The number of rotatable bonds is 3. The molecule has 5 nitrogen and oxygen atoms in total. The number of hydrogen-bond acceptors (Lipinski definition) is 5. The molecule has 1 aromatic carbocycles. The van der Waals surface area contributed by atoms with E-state index in [0.717, 1.165) is 17.5 Å². The molecule has 0 spiro atoms. The molecule has 3 rings (SSSR count). The van der Waals surface area contributed by atoms with Gasteiger partial charge in [0, 0.05) is 29.3 Å². The second kappa shape index (κ2) is 5.20. The molecule has 1 N–H and O–H groups in total. The Hall–Kier alpha value is -2.22. The van der Waals surface area contributed by atoms with Crippen molar-refractivity contribution in [1.82, 2.24) is 19.6 Å². The Morgan fingerprint density at radius 2 is 1.86 bits per heavy atom. The standard InChI is InChI=1S/C14H13F2N5S/c1-8-7-11(18-9-3-5-10(22)6-4-9)21-13(17-8)19-12(20-21)14(2,15)16/h3-7,18,22H,1-2H3. The second-order valence-electron chi connectivity index (χ2n) is 4.99. The van der Waals surface area contributed by atoms with Crippen LogP contribution in [0.25, 0.3) is 5.78 Å². The van der Waals surface area contributed by atoms with E-state index in [0.29, 0.717) is 11.5 Å². The first kappa shape index (κ1) is 14.7. The summed E-state index contributed by atoms with van der Waals surface area (Å²) in [7, 11) is 0. The van der Waals surface area contributed by atoms with Crippen LogP contribution in [0.3, 0.4) is 0 Å². The predicted octanol–water partition coefficient (Wildman–Crippen LogP) is 3.58. The topological polar surface area (TPSA) is 55.1 Å². The number of nitrogens with zero attached hydrogens (tertiary/aromatic N) is 4. The van der Waals surface area contributed by atoms with Gasteiger partial charge in [0.15, 0.2) is 0 Å². The van der Waals surface area contributed by atoms with Gasteiger partial charge >= 0.3 is 5.92 Å². The zero-order valence-electron chi connectivity index (χ0n) is 11.9. The average Bonchev–Trinajstić information content (AvgIpc) is 2.85. The van der Waals surface area contributed by atoms with E-state index in [1.807, 2.05) is 24.3 Å². The number of alkyl halides is 2. The molecule has 114 valence electrons. The van der Waals surface area contributed by atoms with Gasteiger partial charge in [0.05, 0.1) is 0 Å². The van der Waals surface area contributed by atoms with Gasteiger partial charge in [-0.25, -0.2) is 4.98 Å². The van der Waals surface area contributed by atoms with Crippen molar-refractivity contribution >= 4 is 29.9 Å². The van der Waals surface area contributed by atoms with E-state index in [9.17, 15) is 8.78 Å². The molecule has 22 heavy (non-hydrogen) atoms. The number of halogens is 2. The number of aryl methyl sites for hydroxylation is 1. The molecule has 2 heterocycles. The summed E-state index contributed by atoms with van der Waals surface area (Å²) in [5.41, 5.74) is 1.43. The number of hydrogen-bond donors (Lipinski definition) is 2. The summed E-state index contributed by atoms with van der Waals surface area (Å²) >= 11 is 4.22. The maximum atomic E-state index is 13.4. The fraction of sp³-hybridized carbons (Fsp3) is 0.214. The molecule has 0 atom stereocenters. The summed E-state index contributed by atoms with van der Waals surface area (Å²) in [6.45, 7) is 2.52. The zero-order valence-corrected chi connectivity index (χ0v) is 12.8. The van der Waals surface area contributed by atoms with E-state index in [1.54, 1.807) is 13.0 Å². The number of thiol groups is 1. The Morgan fingerprint density at radius 3 is 2.50 bits per heavy atom. The van der Waals surface area contributed by atoms with Crippen LogP contribution < -0.4 is 5.32 Å². The van der Waals surface area contributed by atoms with Crippen LogP contribution in [0.5, 0.6) is 0 Å². The lowest BCUT2D eigenvalue weighted by molar-refractivity contribution is 0.00801. The van der Waals surface area contributed by atoms with Gasteiger partial charge in [-0.3, -0.25) is 0 Å². The fourth-order valence-corrected chi connectivity index (χ4v) is 2.10. The lowest BCUT2D eigenvalue weighted by Crippen LogP contribution is -2.10. The average molecular weight is 321 g/mol. The minimum absolute atomic E-state index is 0.129. The van der Waals surface area contributed by atoms with Gasteiger partial charge in [-0.1, -0.05) is 0 Å². The van der Waals surface area contributed by atoms with Gasteiger partial charge in [-0.15, -0.1) is 17.7 Å². The van der Waals surface area contributed by atoms with Crippen molar-refractivity contribution in [3.05, 3.63) is 41.9 Å².